The van der Waals surface area contributed by atoms with Gasteiger partial charge in [-0.25, -0.2) is 18.1 Å². The van der Waals surface area contributed by atoms with Gasteiger partial charge in [0.1, 0.15) is 5.82 Å². The highest BCUT2D eigenvalue weighted by Gasteiger charge is 2.16. The summed E-state index contributed by atoms with van der Waals surface area (Å²) in [7, 11) is -3.58. The minimum atomic E-state index is -3.58. The van der Waals surface area contributed by atoms with Crippen LogP contribution in [0.15, 0.2) is 29.4 Å². The van der Waals surface area contributed by atoms with E-state index in [-0.39, 0.29) is 11.6 Å². The normalized spacial score (nSPS) is 11.7. The predicted molar refractivity (Wildman–Crippen MR) is 72.9 cm³/mol. The zero-order chi connectivity index (χ0) is 14.0. The third-order valence-electron chi connectivity index (χ3n) is 2.91. The van der Waals surface area contributed by atoms with Gasteiger partial charge in [0.2, 0.25) is 0 Å². The van der Waals surface area contributed by atoms with E-state index in [1.165, 1.54) is 6.20 Å². The zero-order valence-electron chi connectivity index (χ0n) is 10.8. The van der Waals surface area contributed by atoms with Crippen LogP contribution < -0.4 is 10.5 Å². The van der Waals surface area contributed by atoms with Gasteiger partial charge in [-0.05, 0) is 31.0 Å². The Labute approximate surface area is 112 Å². The average molecular weight is 280 g/mol. The number of aryl methyl sites for hydroxylation is 1. The van der Waals surface area contributed by atoms with E-state index >= 15 is 0 Å². The van der Waals surface area contributed by atoms with Crippen molar-refractivity contribution in [1.82, 2.24) is 14.7 Å². The molecule has 0 aliphatic rings. The van der Waals surface area contributed by atoms with Crippen LogP contribution in [0.25, 0.3) is 0 Å². The van der Waals surface area contributed by atoms with Crippen molar-refractivity contribution in [2.75, 3.05) is 5.73 Å². The highest BCUT2D eigenvalue weighted by molar-refractivity contribution is 7.89. The lowest BCUT2D eigenvalue weighted by Crippen LogP contribution is -2.24. The Kier molecular flexibility index (Phi) is 3.59. The van der Waals surface area contributed by atoms with E-state index in [9.17, 15) is 8.42 Å². The third-order valence-corrected chi connectivity index (χ3v) is 4.22. The van der Waals surface area contributed by atoms with Gasteiger partial charge < -0.3 is 10.7 Å². The summed E-state index contributed by atoms with van der Waals surface area (Å²) in [5.74, 6) is 0.556. The lowest BCUT2D eigenvalue weighted by molar-refractivity contribution is 0.578. The highest BCUT2D eigenvalue weighted by atomic mass is 32.2. The molecule has 0 saturated carbocycles. The fourth-order valence-electron chi connectivity index (χ4n) is 1.68. The molecule has 1 aromatic carbocycles. The van der Waals surface area contributed by atoms with Crippen molar-refractivity contribution in [3.63, 3.8) is 0 Å². The predicted octanol–water partition coefficient (Wildman–Crippen LogP) is 1.09. The van der Waals surface area contributed by atoms with Gasteiger partial charge in [-0.15, -0.1) is 0 Å². The van der Waals surface area contributed by atoms with E-state index in [0.717, 1.165) is 11.1 Å². The maximum absolute atomic E-state index is 12.0. The molecule has 19 heavy (non-hydrogen) atoms. The smallest absolute Gasteiger partial charge is 0.257 e. The molecule has 0 fully saturated rings. The van der Waals surface area contributed by atoms with Crippen molar-refractivity contribution in [3.8, 4) is 0 Å². The van der Waals surface area contributed by atoms with Crippen LogP contribution in [0.2, 0.25) is 0 Å². The van der Waals surface area contributed by atoms with Gasteiger partial charge in [-0.1, -0.05) is 12.1 Å². The van der Waals surface area contributed by atoms with Crippen molar-refractivity contribution in [2.45, 2.75) is 25.4 Å². The first-order valence-electron chi connectivity index (χ1n) is 5.75. The Hall–Kier alpha value is -1.86. The van der Waals surface area contributed by atoms with E-state index in [1.807, 2.05) is 13.0 Å². The van der Waals surface area contributed by atoms with Crippen molar-refractivity contribution in [2.24, 2.45) is 0 Å². The number of H-pyrrole nitrogens is 1. The molecule has 0 aliphatic heterocycles. The van der Waals surface area contributed by atoms with E-state index in [0.29, 0.717) is 11.5 Å². The van der Waals surface area contributed by atoms with Gasteiger partial charge >= 0.3 is 0 Å². The maximum Gasteiger partial charge on any atom is 0.257 e. The van der Waals surface area contributed by atoms with E-state index in [4.69, 9.17) is 5.73 Å². The first-order chi connectivity index (χ1) is 8.90. The summed E-state index contributed by atoms with van der Waals surface area (Å²) in [5, 5.41) is 0.0616. The topological polar surface area (TPSA) is 101 Å². The molecule has 0 amide bonds. The molecular formula is C12H16N4O2S. The van der Waals surface area contributed by atoms with Crippen LogP contribution >= 0.6 is 0 Å². The Bertz CT molecular complexity index is 692. The van der Waals surface area contributed by atoms with Crippen molar-refractivity contribution in [3.05, 3.63) is 41.3 Å². The van der Waals surface area contributed by atoms with E-state index < -0.39 is 10.0 Å². The Morgan fingerprint density at radius 2 is 2.11 bits per heavy atom. The molecule has 0 unspecified atom stereocenters. The lowest BCUT2D eigenvalue weighted by atomic mass is 10.1. The van der Waals surface area contributed by atoms with Crippen molar-refractivity contribution >= 4 is 15.7 Å². The van der Waals surface area contributed by atoms with Crippen LogP contribution in [0.5, 0.6) is 0 Å². The first-order valence-corrected chi connectivity index (χ1v) is 7.24. The number of anilines is 1. The Morgan fingerprint density at radius 3 is 2.74 bits per heavy atom. The molecule has 0 radical (unpaired) electrons. The van der Waals surface area contributed by atoms with Gasteiger partial charge in [0.05, 0.1) is 6.20 Å². The summed E-state index contributed by atoms with van der Waals surface area (Å²) in [6.45, 7) is 3.75. The van der Waals surface area contributed by atoms with Gasteiger partial charge in [0, 0.05) is 12.2 Å². The van der Waals surface area contributed by atoms with Crippen LogP contribution in [0.3, 0.4) is 0 Å². The second-order valence-electron chi connectivity index (χ2n) is 4.29. The van der Waals surface area contributed by atoms with Gasteiger partial charge in [-0.2, -0.15) is 0 Å². The summed E-state index contributed by atoms with van der Waals surface area (Å²) in [6, 6.07) is 5.42. The molecule has 7 heteroatoms. The number of imidazole rings is 1. The number of nitrogens with zero attached hydrogens (tertiary/aromatic N) is 1. The van der Waals surface area contributed by atoms with Crippen LogP contribution in [0.1, 0.15) is 17.0 Å². The van der Waals surface area contributed by atoms with Crippen LogP contribution in [0.4, 0.5) is 5.69 Å². The van der Waals surface area contributed by atoms with Crippen molar-refractivity contribution in [1.29, 1.82) is 0 Å². The largest absolute Gasteiger partial charge is 0.399 e. The monoisotopic (exact) mass is 280 g/mol. The molecule has 1 aromatic heterocycles. The number of hydrogen-bond acceptors (Lipinski definition) is 4. The van der Waals surface area contributed by atoms with E-state index in [2.05, 4.69) is 14.7 Å². The summed E-state index contributed by atoms with van der Waals surface area (Å²) < 4.78 is 26.5. The number of sulfonamides is 1. The van der Waals surface area contributed by atoms with Gasteiger partial charge in [-0.3, -0.25) is 0 Å². The molecule has 2 aromatic rings. The molecular weight excluding hydrogens is 264 g/mol. The number of nitrogen functional groups attached to an aromatic ring is 1. The quantitative estimate of drug-likeness (QED) is 0.730. The molecule has 4 N–H and O–H groups in total. The number of aromatic nitrogens is 2. The molecule has 2 rings (SSSR count). The summed E-state index contributed by atoms with van der Waals surface area (Å²) in [4.78, 5) is 6.57. The lowest BCUT2D eigenvalue weighted by Gasteiger charge is -2.09. The minimum Gasteiger partial charge on any atom is -0.399 e. The van der Waals surface area contributed by atoms with Crippen LogP contribution in [-0.4, -0.2) is 18.4 Å². The molecule has 0 atom stereocenters. The third kappa shape index (κ3) is 2.94. The highest BCUT2D eigenvalue weighted by Crippen LogP contribution is 2.16. The van der Waals surface area contributed by atoms with E-state index in [1.54, 1.807) is 19.1 Å². The summed E-state index contributed by atoms with van der Waals surface area (Å²) in [5.41, 5.74) is 8.16. The molecule has 0 saturated heterocycles. The summed E-state index contributed by atoms with van der Waals surface area (Å²) in [6.07, 6.45) is 1.30. The second-order valence-corrected chi connectivity index (χ2v) is 6.02. The zero-order valence-corrected chi connectivity index (χ0v) is 11.6. The first kappa shape index (κ1) is 13.6. The average Bonchev–Trinajstić information content (AvgIpc) is 2.79. The Morgan fingerprint density at radius 1 is 1.37 bits per heavy atom. The van der Waals surface area contributed by atoms with Crippen molar-refractivity contribution < 1.29 is 8.42 Å². The maximum atomic E-state index is 12.0. The fraction of sp³-hybridized carbons (Fsp3) is 0.250. The number of nitrogens with two attached hydrogens (primary N) is 1. The van der Waals surface area contributed by atoms with Gasteiger partial charge in [0.15, 0.2) is 5.03 Å². The SMILES string of the molecule is Cc1ncc(S(=O)(=O)NCc2cccc(N)c2C)[nH]1. The number of rotatable bonds is 4. The number of aromatic amines is 1. The standard InChI is InChI=1S/C12H16N4O2S/c1-8-10(4-3-5-11(8)13)6-15-19(17,18)12-7-14-9(2)16-12/h3-5,7,15H,6,13H2,1-2H3,(H,14,16). The van der Waals surface area contributed by atoms with Crippen LogP contribution in [0, 0.1) is 13.8 Å². The minimum absolute atomic E-state index is 0.0616. The van der Waals surface area contributed by atoms with Crippen LogP contribution in [-0.2, 0) is 16.6 Å². The molecule has 0 spiro atoms. The number of nitrogens with one attached hydrogen (secondary N) is 2. The molecule has 1 heterocycles. The second kappa shape index (κ2) is 5.02. The fourth-order valence-corrected chi connectivity index (χ4v) is 2.65. The van der Waals surface area contributed by atoms with Gasteiger partial charge in [0.25, 0.3) is 10.0 Å². The molecule has 0 aliphatic carbocycles. The number of hydrogen-bond donors (Lipinski definition) is 3. The summed E-state index contributed by atoms with van der Waals surface area (Å²) >= 11 is 0. The Balaban J connectivity index is 2.16. The molecule has 0 bridgehead atoms. The molecule has 102 valence electrons. The molecule has 6 nitrogen and oxygen atoms in total. The number of benzene rings is 1.